The van der Waals surface area contributed by atoms with E-state index in [-0.39, 0.29) is 33.9 Å². The van der Waals surface area contributed by atoms with Gasteiger partial charge < -0.3 is 14.6 Å². The minimum Gasteiger partial charge on any atom is -0.376 e. The van der Waals surface area contributed by atoms with Gasteiger partial charge in [0.15, 0.2) is 0 Å². The van der Waals surface area contributed by atoms with Crippen molar-refractivity contribution in [2.24, 2.45) is 0 Å². The normalized spacial score (nSPS) is 14.2. The predicted molar refractivity (Wildman–Crippen MR) is 358 cm³/mol. The molecule has 83 heavy (non-hydrogen) atoms. The summed E-state index contributed by atoms with van der Waals surface area (Å²) in [5, 5.41) is 0. The van der Waals surface area contributed by atoms with Crippen LogP contribution in [0.15, 0.2) is 218 Å². The second kappa shape index (κ2) is 19.4. The molecule has 412 valence electrons. The first kappa shape index (κ1) is 53.9. The largest absolute Gasteiger partial charge is 0.376 e. The third-order valence-electron chi connectivity index (χ3n) is 18.3. The smallest absolute Gasteiger partial charge is 0.333 e. The lowest BCUT2D eigenvalue weighted by Gasteiger charge is -2.47. The van der Waals surface area contributed by atoms with Gasteiger partial charge >= 0.3 is 6.85 Å². The van der Waals surface area contributed by atoms with Crippen LogP contribution in [0.1, 0.15) is 130 Å². The van der Waals surface area contributed by atoms with Crippen molar-refractivity contribution in [2.45, 2.75) is 124 Å². The highest BCUT2D eigenvalue weighted by molar-refractivity contribution is 6.93. The Balaban J connectivity index is 1.16. The molecule has 10 aromatic rings. The molecule has 0 aromatic heterocycles. The first-order valence-electron chi connectivity index (χ1n) is 30.0. The third kappa shape index (κ3) is 9.12. The SMILES string of the molecule is CC(C)(C)c1ccc(N2B3c4ccc5c(c4N(c4ccc(C(C)(C)C)cc4-c4ccccc4)c4cc(-c6ccccc6)cc(c43)-c3ccc(N(c4ccc(C(C)(C)C)cc4)c4ccc(C(C)(C)C)cc4)cc32)-c2ccccc2C5(C)C)cc1. The average Bonchev–Trinajstić information content (AvgIpc) is 2.44. The molecule has 0 bridgehead atoms. The molecular formula is C79H78BN3. The zero-order chi connectivity index (χ0) is 58.1. The summed E-state index contributed by atoms with van der Waals surface area (Å²) in [5.74, 6) is 0. The number of anilines is 8. The van der Waals surface area contributed by atoms with Crippen LogP contribution in [0.25, 0.3) is 44.5 Å². The molecule has 0 saturated carbocycles. The standard InChI is InChI=1S/C79H78BN3/c1-75(2,3)54-29-36-58(37-30-54)81(59-38-31-55(32-39-59)76(4,5)6)61-42-43-62-65-47-53(51-23-17-15-18-24-51)48-71-73(65)80(83(70(62)50-61)60-40-33-56(34-41-60)77(7,8)9)68-45-44-67-72(63-27-21-22-28-66(63)79(67,13)14)74(68)82(71)69-46-35-57(78(10,11)12)49-64(69)52-25-19-16-20-26-52/h15-50H,1-14H3. The van der Waals surface area contributed by atoms with Crippen molar-refractivity contribution in [3.8, 4) is 44.5 Å². The van der Waals surface area contributed by atoms with Crippen LogP contribution in [-0.4, -0.2) is 6.85 Å². The van der Waals surface area contributed by atoms with Crippen molar-refractivity contribution in [3.05, 3.63) is 252 Å². The lowest BCUT2D eigenvalue weighted by molar-refractivity contribution is 0.590. The fourth-order valence-corrected chi connectivity index (χ4v) is 13.5. The highest BCUT2D eigenvalue weighted by Gasteiger charge is 2.49. The summed E-state index contributed by atoms with van der Waals surface area (Å²) >= 11 is 0. The molecule has 0 fully saturated rings. The molecule has 3 nitrogen and oxygen atoms in total. The number of nitrogens with zero attached hydrogens (tertiary/aromatic N) is 3. The highest BCUT2D eigenvalue weighted by atomic mass is 15.2. The fraction of sp³-hybridized carbons (Fsp3) is 0.241. The van der Waals surface area contributed by atoms with Crippen LogP contribution in [0, 0.1) is 0 Å². The molecule has 1 aliphatic carbocycles. The number of rotatable bonds is 7. The van der Waals surface area contributed by atoms with E-state index in [1.54, 1.807) is 0 Å². The summed E-state index contributed by atoms with van der Waals surface area (Å²) in [6, 6.07) is 84.0. The molecule has 10 aromatic carbocycles. The van der Waals surface area contributed by atoms with E-state index in [4.69, 9.17) is 0 Å². The number of hydrogen-bond acceptors (Lipinski definition) is 3. The molecule has 13 rings (SSSR count). The van der Waals surface area contributed by atoms with Crippen LogP contribution in [-0.2, 0) is 27.1 Å². The first-order valence-corrected chi connectivity index (χ1v) is 30.0. The van der Waals surface area contributed by atoms with Gasteiger partial charge in [-0.1, -0.05) is 243 Å². The summed E-state index contributed by atoms with van der Waals surface area (Å²) in [4.78, 5) is 7.88. The van der Waals surface area contributed by atoms with Crippen molar-refractivity contribution >= 4 is 63.3 Å². The van der Waals surface area contributed by atoms with Gasteiger partial charge in [-0.3, -0.25) is 0 Å². The molecule has 3 aliphatic rings. The van der Waals surface area contributed by atoms with Gasteiger partial charge in [0.05, 0.1) is 11.4 Å². The molecule has 0 amide bonds. The van der Waals surface area contributed by atoms with E-state index in [0.29, 0.717) is 0 Å². The van der Waals surface area contributed by atoms with Crippen molar-refractivity contribution in [1.82, 2.24) is 0 Å². The van der Waals surface area contributed by atoms with Crippen LogP contribution in [0.4, 0.5) is 45.5 Å². The van der Waals surface area contributed by atoms with Crippen LogP contribution in [0.2, 0.25) is 0 Å². The molecule has 0 N–H and O–H groups in total. The van der Waals surface area contributed by atoms with E-state index in [0.717, 1.165) is 22.7 Å². The summed E-state index contributed by atoms with van der Waals surface area (Å²) in [6.07, 6.45) is 0. The van der Waals surface area contributed by atoms with E-state index in [1.165, 1.54) is 112 Å². The Kier molecular flexibility index (Phi) is 12.6. The highest BCUT2D eigenvalue weighted by Crippen LogP contribution is 2.58. The van der Waals surface area contributed by atoms with E-state index >= 15 is 0 Å². The molecule has 4 heteroatoms. The minimum absolute atomic E-state index is 0.0141. The Bertz CT molecular complexity index is 4070. The van der Waals surface area contributed by atoms with E-state index in [1.807, 2.05) is 0 Å². The number of benzene rings is 10. The van der Waals surface area contributed by atoms with E-state index in [2.05, 4.69) is 330 Å². The van der Waals surface area contributed by atoms with Crippen LogP contribution < -0.4 is 25.5 Å². The quantitative estimate of drug-likeness (QED) is 0.147. The molecule has 0 atom stereocenters. The maximum atomic E-state index is 2.71. The van der Waals surface area contributed by atoms with Crippen LogP contribution >= 0.6 is 0 Å². The second-order valence-electron chi connectivity index (χ2n) is 28.3. The van der Waals surface area contributed by atoms with Crippen LogP contribution in [0.3, 0.4) is 0 Å². The van der Waals surface area contributed by atoms with Crippen molar-refractivity contribution in [3.63, 3.8) is 0 Å². The molecule has 0 spiro atoms. The van der Waals surface area contributed by atoms with Crippen molar-refractivity contribution in [1.29, 1.82) is 0 Å². The molecule has 2 heterocycles. The van der Waals surface area contributed by atoms with Gasteiger partial charge in [-0.2, -0.15) is 0 Å². The van der Waals surface area contributed by atoms with Crippen molar-refractivity contribution < 1.29 is 0 Å². The molecule has 2 aliphatic heterocycles. The molecule has 0 saturated heterocycles. The van der Waals surface area contributed by atoms with Gasteiger partial charge in [0, 0.05) is 56.2 Å². The predicted octanol–water partition coefficient (Wildman–Crippen LogP) is 20.7. The molecule has 0 unspecified atom stereocenters. The Hall–Kier alpha value is -8.34. The van der Waals surface area contributed by atoms with Gasteiger partial charge in [-0.15, -0.1) is 0 Å². The second-order valence-corrected chi connectivity index (χ2v) is 28.3. The van der Waals surface area contributed by atoms with E-state index in [9.17, 15) is 0 Å². The lowest BCUT2D eigenvalue weighted by atomic mass is 9.43. The molecular weight excluding hydrogens is 1000 g/mol. The lowest BCUT2D eigenvalue weighted by Crippen LogP contribution is -2.61. The fourth-order valence-electron chi connectivity index (χ4n) is 13.5. The van der Waals surface area contributed by atoms with Gasteiger partial charge in [0.2, 0.25) is 0 Å². The maximum absolute atomic E-state index is 2.71. The van der Waals surface area contributed by atoms with Gasteiger partial charge in [0.1, 0.15) is 0 Å². The zero-order valence-corrected chi connectivity index (χ0v) is 51.2. The maximum Gasteiger partial charge on any atom is 0.333 e. The van der Waals surface area contributed by atoms with Crippen molar-refractivity contribution in [2.75, 3.05) is 14.6 Å². The number of hydrogen-bond donors (Lipinski definition) is 0. The summed E-state index contributed by atoms with van der Waals surface area (Å²) in [7, 11) is 0. The zero-order valence-electron chi connectivity index (χ0n) is 51.2. The summed E-state index contributed by atoms with van der Waals surface area (Å²) in [6.45, 7) is 32.3. The van der Waals surface area contributed by atoms with Gasteiger partial charge in [-0.25, -0.2) is 0 Å². The van der Waals surface area contributed by atoms with E-state index < -0.39 is 0 Å². The average molecular weight is 1080 g/mol. The third-order valence-corrected chi connectivity index (χ3v) is 18.3. The summed E-state index contributed by atoms with van der Waals surface area (Å²) in [5.41, 5.74) is 29.3. The Morgan fingerprint density at radius 3 is 1.46 bits per heavy atom. The Labute approximate surface area is 495 Å². The Morgan fingerprint density at radius 1 is 0.361 bits per heavy atom. The van der Waals surface area contributed by atoms with Gasteiger partial charge in [-0.05, 0) is 167 Å². The summed E-state index contributed by atoms with van der Waals surface area (Å²) < 4.78 is 0. The van der Waals surface area contributed by atoms with Gasteiger partial charge in [0.25, 0.3) is 0 Å². The van der Waals surface area contributed by atoms with Crippen LogP contribution in [0.5, 0.6) is 0 Å². The first-order chi connectivity index (χ1) is 39.5. The monoisotopic (exact) mass is 1080 g/mol. The number of fused-ring (bicyclic) bond motifs is 8. The minimum atomic E-state index is -0.238. The molecule has 0 radical (unpaired) electrons. The topological polar surface area (TPSA) is 9.72 Å². The Morgan fingerprint density at radius 2 is 0.880 bits per heavy atom.